The minimum absolute atomic E-state index is 0.0547. The van der Waals surface area contributed by atoms with Crippen molar-refractivity contribution in [1.82, 2.24) is 15.3 Å². The average molecular weight is 393 g/mol. The second kappa shape index (κ2) is 7.95. The molecule has 1 heterocycles. The van der Waals surface area contributed by atoms with Gasteiger partial charge in [-0.1, -0.05) is 12.1 Å². The number of aromatic amines is 1. The quantitative estimate of drug-likeness (QED) is 0.672. The SMILES string of the molecule is COc1cc2c(cc1OC)[C@@H](NC(=O)CCc1nc3ccccc3c(=O)[nH]1)CC2. The molecule has 1 atom stereocenters. The van der Waals surface area contributed by atoms with Gasteiger partial charge in [0, 0.05) is 12.8 Å². The van der Waals surface area contributed by atoms with Crippen molar-refractivity contribution in [3.8, 4) is 11.5 Å². The lowest BCUT2D eigenvalue weighted by atomic mass is 10.1. The molecule has 4 rings (SSSR count). The summed E-state index contributed by atoms with van der Waals surface area (Å²) in [5, 5.41) is 3.64. The number of para-hydroxylation sites is 1. The first kappa shape index (κ1) is 19.0. The fourth-order valence-corrected chi connectivity index (χ4v) is 3.83. The maximum Gasteiger partial charge on any atom is 0.258 e. The van der Waals surface area contributed by atoms with Crippen LogP contribution in [0.2, 0.25) is 0 Å². The van der Waals surface area contributed by atoms with Crippen molar-refractivity contribution >= 4 is 16.8 Å². The van der Waals surface area contributed by atoms with Crippen molar-refractivity contribution in [2.45, 2.75) is 31.7 Å². The number of aromatic nitrogens is 2. The van der Waals surface area contributed by atoms with Crippen LogP contribution in [0.25, 0.3) is 10.9 Å². The second-order valence-corrected chi connectivity index (χ2v) is 7.09. The van der Waals surface area contributed by atoms with Crippen LogP contribution < -0.4 is 20.3 Å². The van der Waals surface area contributed by atoms with Gasteiger partial charge in [0.2, 0.25) is 5.91 Å². The van der Waals surface area contributed by atoms with E-state index >= 15 is 0 Å². The molecule has 0 unspecified atom stereocenters. The van der Waals surface area contributed by atoms with Crippen LogP contribution >= 0.6 is 0 Å². The number of hydrogen-bond donors (Lipinski definition) is 2. The number of ether oxygens (including phenoxy) is 2. The summed E-state index contributed by atoms with van der Waals surface area (Å²) < 4.78 is 10.7. The summed E-state index contributed by atoms with van der Waals surface area (Å²) in [6.07, 6.45) is 2.33. The van der Waals surface area contributed by atoms with Crippen molar-refractivity contribution < 1.29 is 14.3 Å². The highest BCUT2D eigenvalue weighted by molar-refractivity contribution is 5.78. The molecule has 7 nitrogen and oxygen atoms in total. The topological polar surface area (TPSA) is 93.3 Å². The highest BCUT2D eigenvalue weighted by Gasteiger charge is 2.26. The maximum absolute atomic E-state index is 12.5. The molecule has 3 aromatic rings. The molecule has 0 spiro atoms. The fraction of sp³-hybridized carbons (Fsp3) is 0.318. The van der Waals surface area contributed by atoms with Crippen LogP contribution in [-0.4, -0.2) is 30.1 Å². The van der Waals surface area contributed by atoms with Gasteiger partial charge >= 0.3 is 0 Å². The second-order valence-electron chi connectivity index (χ2n) is 7.09. The van der Waals surface area contributed by atoms with Gasteiger partial charge in [-0.15, -0.1) is 0 Å². The molecule has 1 aliphatic rings. The Kier molecular flexibility index (Phi) is 5.20. The number of benzene rings is 2. The van der Waals surface area contributed by atoms with Crippen LogP contribution in [0.3, 0.4) is 0 Å². The summed E-state index contributed by atoms with van der Waals surface area (Å²) in [5.74, 6) is 1.80. The molecule has 0 fully saturated rings. The molecule has 29 heavy (non-hydrogen) atoms. The number of amides is 1. The highest BCUT2D eigenvalue weighted by Crippen LogP contribution is 2.39. The lowest BCUT2D eigenvalue weighted by Gasteiger charge is -2.16. The Labute approximate surface area is 168 Å². The van der Waals surface area contributed by atoms with Gasteiger partial charge in [0.15, 0.2) is 11.5 Å². The zero-order chi connectivity index (χ0) is 20.4. The van der Waals surface area contributed by atoms with Crippen molar-refractivity contribution in [2.75, 3.05) is 14.2 Å². The Morgan fingerprint density at radius 1 is 1.21 bits per heavy atom. The normalized spacial score (nSPS) is 15.2. The first-order valence-corrected chi connectivity index (χ1v) is 9.61. The van der Waals surface area contributed by atoms with E-state index in [1.807, 2.05) is 18.2 Å². The van der Waals surface area contributed by atoms with Gasteiger partial charge in [0.1, 0.15) is 5.82 Å². The number of rotatable bonds is 6. The van der Waals surface area contributed by atoms with Gasteiger partial charge in [-0.3, -0.25) is 9.59 Å². The third-order valence-corrected chi connectivity index (χ3v) is 5.31. The van der Waals surface area contributed by atoms with Gasteiger partial charge in [0.05, 0.1) is 31.2 Å². The van der Waals surface area contributed by atoms with E-state index in [1.54, 1.807) is 32.4 Å². The third kappa shape index (κ3) is 3.81. The third-order valence-electron chi connectivity index (χ3n) is 5.31. The summed E-state index contributed by atoms with van der Waals surface area (Å²) >= 11 is 0. The zero-order valence-corrected chi connectivity index (χ0v) is 16.5. The molecule has 150 valence electrons. The van der Waals surface area contributed by atoms with Crippen LogP contribution in [-0.2, 0) is 17.6 Å². The number of nitrogens with one attached hydrogen (secondary N) is 2. The molecule has 0 bridgehead atoms. The lowest BCUT2D eigenvalue weighted by Crippen LogP contribution is -2.27. The number of H-pyrrole nitrogens is 1. The van der Waals surface area contributed by atoms with Crippen LogP contribution in [0.15, 0.2) is 41.2 Å². The molecule has 0 saturated heterocycles. The fourth-order valence-electron chi connectivity index (χ4n) is 3.83. The number of carbonyl (C=O) groups is 1. The van der Waals surface area contributed by atoms with E-state index in [9.17, 15) is 9.59 Å². The van der Waals surface area contributed by atoms with Gasteiger partial charge in [0.25, 0.3) is 5.56 Å². The predicted octanol–water partition coefficient (Wildman–Crippen LogP) is 2.68. The van der Waals surface area contributed by atoms with E-state index in [4.69, 9.17) is 9.47 Å². The minimum Gasteiger partial charge on any atom is -0.493 e. The van der Waals surface area contributed by atoms with Crippen LogP contribution in [0, 0.1) is 0 Å². The van der Waals surface area contributed by atoms with E-state index in [-0.39, 0.29) is 23.9 Å². The first-order chi connectivity index (χ1) is 14.1. The smallest absolute Gasteiger partial charge is 0.258 e. The number of nitrogens with zero attached hydrogens (tertiary/aromatic N) is 1. The summed E-state index contributed by atoms with van der Waals surface area (Å²) in [5.41, 5.74) is 2.68. The first-order valence-electron chi connectivity index (χ1n) is 9.61. The number of aryl methyl sites for hydroxylation is 2. The van der Waals surface area contributed by atoms with Crippen molar-refractivity contribution in [1.29, 1.82) is 0 Å². The molecule has 2 N–H and O–H groups in total. The average Bonchev–Trinajstić information content (AvgIpc) is 3.12. The Balaban J connectivity index is 1.43. The number of methoxy groups -OCH3 is 2. The maximum atomic E-state index is 12.5. The number of carbonyl (C=O) groups excluding carboxylic acids is 1. The molecule has 0 saturated carbocycles. The lowest BCUT2D eigenvalue weighted by molar-refractivity contribution is -0.121. The molecule has 0 radical (unpaired) electrons. The van der Waals surface area contributed by atoms with Crippen molar-refractivity contribution in [2.24, 2.45) is 0 Å². The standard InChI is InChI=1S/C22H23N3O4/c1-28-18-11-13-7-8-17(15(13)12-19(18)29-2)24-21(26)10-9-20-23-16-6-4-3-5-14(16)22(27)25-20/h3-6,11-12,17H,7-10H2,1-2H3,(H,24,26)(H,23,25,27)/t17-/m0/s1. The van der Waals surface area contributed by atoms with Crippen LogP contribution in [0.1, 0.15) is 35.8 Å². The van der Waals surface area contributed by atoms with E-state index in [2.05, 4.69) is 15.3 Å². The molecular weight excluding hydrogens is 370 g/mol. The molecule has 7 heteroatoms. The van der Waals surface area contributed by atoms with Gasteiger partial charge < -0.3 is 19.8 Å². The Morgan fingerprint density at radius 3 is 2.76 bits per heavy atom. The number of hydrogen-bond acceptors (Lipinski definition) is 5. The molecule has 1 aromatic heterocycles. The van der Waals surface area contributed by atoms with E-state index in [0.717, 1.165) is 24.0 Å². The van der Waals surface area contributed by atoms with E-state index < -0.39 is 0 Å². The van der Waals surface area contributed by atoms with E-state index in [0.29, 0.717) is 34.6 Å². The van der Waals surface area contributed by atoms with Gasteiger partial charge in [-0.25, -0.2) is 4.98 Å². The monoisotopic (exact) mass is 393 g/mol. The molecule has 1 aliphatic carbocycles. The summed E-state index contributed by atoms with van der Waals surface area (Å²) in [6.45, 7) is 0. The van der Waals surface area contributed by atoms with Gasteiger partial charge in [-0.05, 0) is 48.2 Å². The van der Waals surface area contributed by atoms with Crippen molar-refractivity contribution in [3.05, 3.63) is 63.7 Å². The minimum atomic E-state index is -0.184. The van der Waals surface area contributed by atoms with Gasteiger partial charge in [-0.2, -0.15) is 0 Å². The van der Waals surface area contributed by atoms with Crippen molar-refractivity contribution in [3.63, 3.8) is 0 Å². The predicted molar refractivity (Wildman–Crippen MR) is 109 cm³/mol. The molecule has 2 aromatic carbocycles. The summed E-state index contributed by atoms with van der Waals surface area (Å²) in [6, 6.07) is 11.0. The van der Waals surface area contributed by atoms with Crippen LogP contribution in [0.4, 0.5) is 0 Å². The zero-order valence-electron chi connectivity index (χ0n) is 16.5. The van der Waals surface area contributed by atoms with E-state index in [1.165, 1.54) is 0 Å². The Hall–Kier alpha value is -3.35. The number of fused-ring (bicyclic) bond motifs is 2. The molecule has 1 amide bonds. The summed E-state index contributed by atoms with van der Waals surface area (Å²) in [4.78, 5) is 31.9. The molecular formula is C22H23N3O4. The van der Waals surface area contributed by atoms with Crippen LogP contribution in [0.5, 0.6) is 11.5 Å². The Morgan fingerprint density at radius 2 is 1.97 bits per heavy atom. The summed E-state index contributed by atoms with van der Waals surface area (Å²) in [7, 11) is 3.22. The molecule has 0 aliphatic heterocycles. The largest absolute Gasteiger partial charge is 0.493 e. The Bertz CT molecular complexity index is 1120. The highest BCUT2D eigenvalue weighted by atomic mass is 16.5.